The normalized spacial score (nSPS) is 9.94. The van der Waals surface area contributed by atoms with Crippen LogP contribution in [0.15, 0.2) is 18.2 Å². The van der Waals surface area contributed by atoms with E-state index in [0.717, 1.165) is 0 Å². The molecule has 0 heterocycles. The van der Waals surface area contributed by atoms with Gasteiger partial charge in [-0.25, -0.2) is 0 Å². The summed E-state index contributed by atoms with van der Waals surface area (Å²) < 4.78 is 5.00. The highest BCUT2D eigenvalue weighted by Crippen LogP contribution is 2.22. The second-order valence-electron chi connectivity index (χ2n) is 3.40. The topological polar surface area (TPSA) is 49.8 Å². The minimum atomic E-state index is -0.0980. The second-order valence-corrected chi connectivity index (χ2v) is 3.40. The number of hydrogen-bond donors (Lipinski definition) is 1. The first-order chi connectivity index (χ1) is 7.62. The molecule has 1 aromatic rings. The highest BCUT2D eigenvalue weighted by molar-refractivity contribution is 5.95. The number of phenolic OH excluding ortho intramolecular Hbond substituents is 1. The SMILES string of the molecule is CCN(CC)C(=O)c1cc(O)cc(OC)c1. The molecular weight excluding hydrogens is 206 g/mol. The summed E-state index contributed by atoms with van der Waals surface area (Å²) in [5, 5.41) is 9.45. The number of phenols is 1. The van der Waals surface area contributed by atoms with Crippen molar-refractivity contribution in [3.8, 4) is 11.5 Å². The van der Waals surface area contributed by atoms with Gasteiger partial charge < -0.3 is 14.7 Å². The fraction of sp³-hybridized carbons (Fsp3) is 0.417. The van der Waals surface area contributed by atoms with E-state index in [0.29, 0.717) is 24.4 Å². The summed E-state index contributed by atoms with van der Waals surface area (Å²) in [4.78, 5) is 13.7. The quantitative estimate of drug-likeness (QED) is 0.847. The van der Waals surface area contributed by atoms with E-state index in [-0.39, 0.29) is 11.7 Å². The molecule has 0 bridgehead atoms. The van der Waals surface area contributed by atoms with Crippen molar-refractivity contribution in [3.63, 3.8) is 0 Å². The summed E-state index contributed by atoms with van der Waals surface area (Å²) in [7, 11) is 1.50. The predicted molar refractivity (Wildman–Crippen MR) is 61.9 cm³/mol. The largest absolute Gasteiger partial charge is 0.508 e. The number of carbonyl (C=O) groups is 1. The Labute approximate surface area is 95.5 Å². The first kappa shape index (κ1) is 12.4. The number of benzene rings is 1. The fourth-order valence-corrected chi connectivity index (χ4v) is 1.52. The maximum atomic E-state index is 12.0. The van der Waals surface area contributed by atoms with Crippen LogP contribution in [0.5, 0.6) is 11.5 Å². The van der Waals surface area contributed by atoms with E-state index in [4.69, 9.17) is 4.74 Å². The third kappa shape index (κ3) is 2.66. The molecule has 0 aromatic heterocycles. The van der Waals surface area contributed by atoms with Crippen LogP contribution in [0.3, 0.4) is 0 Å². The summed E-state index contributed by atoms with van der Waals surface area (Å²) in [6, 6.07) is 4.54. The van der Waals surface area contributed by atoms with E-state index < -0.39 is 0 Å². The summed E-state index contributed by atoms with van der Waals surface area (Å²) >= 11 is 0. The lowest BCUT2D eigenvalue weighted by atomic mass is 10.1. The van der Waals surface area contributed by atoms with Gasteiger partial charge in [-0.15, -0.1) is 0 Å². The molecule has 1 amide bonds. The number of aromatic hydroxyl groups is 1. The maximum absolute atomic E-state index is 12.0. The van der Waals surface area contributed by atoms with Gasteiger partial charge in [0, 0.05) is 24.7 Å². The molecular formula is C12H17NO3. The van der Waals surface area contributed by atoms with Gasteiger partial charge in [0.1, 0.15) is 11.5 Å². The molecule has 0 atom stereocenters. The van der Waals surface area contributed by atoms with Gasteiger partial charge in [0.15, 0.2) is 0 Å². The van der Waals surface area contributed by atoms with Crippen molar-refractivity contribution >= 4 is 5.91 Å². The van der Waals surface area contributed by atoms with Crippen molar-refractivity contribution in [1.29, 1.82) is 0 Å². The van der Waals surface area contributed by atoms with Gasteiger partial charge in [-0.3, -0.25) is 4.79 Å². The van der Waals surface area contributed by atoms with E-state index in [9.17, 15) is 9.90 Å². The standard InChI is InChI=1S/C12H17NO3/c1-4-13(5-2)12(15)9-6-10(14)8-11(7-9)16-3/h6-8,14H,4-5H2,1-3H3. The third-order valence-electron chi connectivity index (χ3n) is 2.42. The van der Waals surface area contributed by atoms with Crippen molar-refractivity contribution in [2.24, 2.45) is 0 Å². The first-order valence-corrected chi connectivity index (χ1v) is 5.29. The van der Waals surface area contributed by atoms with Crippen LogP contribution in [-0.4, -0.2) is 36.1 Å². The maximum Gasteiger partial charge on any atom is 0.254 e. The second kappa shape index (κ2) is 5.39. The van der Waals surface area contributed by atoms with Gasteiger partial charge >= 0.3 is 0 Å². The Balaban J connectivity index is 3.03. The number of hydrogen-bond acceptors (Lipinski definition) is 3. The van der Waals surface area contributed by atoms with Crippen molar-refractivity contribution < 1.29 is 14.6 Å². The van der Waals surface area contributed by atoms with E-state index in [2.05, 4.69) is 0 Å². The van der Waals surface area contributed by atoms with Crippen molar-refractivity contribution in [3.05, 3.63) is 23.8 Å². The van der Waals surface area contributed by atoms with Crippen LogP contribution in [-0.2, 0) is 0 Å². The van der Waals surface area contributed by atoms with Gasteiger partial charge in [0.05, 0.1) is 7.11 Å². The molecule has 0 fully saturated rings. The number of amides is 1. The summed E-state index contributed by atoms with van der Waals surface area (Å²) in [6.07, 6.45) is 0. The minimum Gasteiger partial charge on any atom is -0.508 e. The van der Waals surface area contributed by atoms with Gasteiger partial charge in [0.25, 0.3) is 5.91 Å². The van der Waals surface area contributed by atoms with Crippen LogP contribution in [0.2, 0.25) is 0 Å². The summed E-state index contributed by atoms with van der Waals surface area (Å²) in [6.45, 7) is 5.13. The molecule has 0 aliphatic heterocycles. The van der Waals surface area contributed by atoms with E-state index in [1.807, 2.05) is 13.8 Å². The molecule has 1 N–H and O–H groups in total. The van der Waals surface area contributed by atoms with Crippen molar-refractivity contribution in [2.75, 3.05) is 20.2 Å². The molecule has 0 aliphatic rings. The van der Waals surface area contributed by atoms with Crippen LogP contribution in [0.1, 0.15) is 24.2 Å². The number of carbonyl (C=O) groups excluding carboxylic acids is 1. The smallest absolute Gasteiger partial charge is 0.254 e. The average Bonchev–Trinajstić information content (AvgIpc) is 2.29. The lowest BCUT2D eigenvalue weighted by Gasteiger charge is -2.18. The lowest BCUT2D eigenvalue weighted by molar-refractivity contribution is 0.0772. The van der Waals surface area contributed by atoms with Crippen molar-refractivity contribution in [2.45, 2.75) is 13.8 Å². The number of ether oxygens (including phenoxy) is 1. The molecule has 0 unspecified atom stereocenters. The molecule has 0 saturated carbocycles. The highest BCUT2D eigenvalue weighted by Gasteiger charge is 2.14. The Kier molecular flexibility index (Phi) is 4.17. The molecule has 4 nitrogen and oxygen atoms in total. The van der Waals surface area contributed by atoms with Crippen LogP contribution in [0, 0.1) is 0 Å². The average molecular weight is 223 g/mol. The lowest BCUT2D eigenvalue weighted by Crippen LogP contribution is -2.30. The first-order valence-electron chi connectivity index (χ1n) is 5.29. The van der Waals surface area contributed by atoms with Crippen LogP contribution in [0.4, 0.5) is 0 Å². The number of nitrogens with zero attached hydrogens (tertiary/aromatic N) is 1. The molecule has 0 spiro atoms. The Morgan fingerprint density at radius 2 is 1.94 bits per heavy atom. The number of methoxy groups -OCH3 is 1. The Hall–Kier alpha value is -1.71. The molecule has 88 valence electrons. The van der Waals surface area contributed by atoms with E-state index in [1.165, 1.54) is 19.2 Å². The molecule has 0 radical (unpaired) electrons. The van der Waals surface area contributed by atoms with Gasteiger partial charge in [-0.05, 0) is 26.0 Å². The van der Waals surface area contributed by atoms with Gasteiger partial charge in [-0.1, -0.05) is 0 Å². The molecule has 0 aliphatic carbocycles. The predicted octanol–water partition coefficient (Wildman–Crippen LogP) is 1.88. The summed E-state index contributed by atoms with van der Waals surface area (Å²) in [5.41, 5.74) is 0.445. The van der Waals surface area contributed by atoms with Gasteiger partial charge in [-0.2, -0.15) is 0 Å². The van der Waals surface area contributed by atoms with E-state index >= 15 is 0 Å². The molecule has 1 rings (SSSR count). The van der Waals surface area contributed by atoms with Crippen molar-refractivity contribution in [1.82, 2.24) is 4.90 Å². The Bertz CT molecular complexity index is 373. The highest BCUT2D eigenvalue weighted by atomic mass is 16.5. The zero-order valence-electron chi connectivity index (χ0n) is 9.86. The molecule has 4 heteroatoms. The zero-order valence-corrected chi connectivity index (χ0v) is 9.86. The molecule has 0 saturated heterocycles. The zero-order chi connectivity index (χ0) is 12.1. The minimum absolute atomic E-state index is 0.0369. The van der Waals surface area contributed by atoms with Crippen LogP contribution in [0.25, 0.3) is 0 Å². The van der Waals surface area contributed by atoms with Gasteiger partial charge in [0.2, 0.25) is 0 Å². The van der Waals surface area contributed by atoms with Crippen LogP contribution >= 0.6 is 0 Å². The Morgan fingerprint density at radius 1 is 1.31 bits per heavy atom. The Morgan fingerprint density at radius 3 is 2.44 bits per heavy atom. The number of rotatable bonds is 4. The summed E-state index contributed by atoms with van der Waals surface area (Å²) in [5.74, 6) is 0.421. The monoisotopic (exact) mass is 223 g/mol. The van der Waals surface area contributed by atoms with E-state index in [1.54, 1.807) is 11.0 Å². The van der Waals surface area contributed by atoms with Crippen LogP contribution < -0.4 is 4.74 Å². The fourth-order valence-electron chi connectivity index (χ4n) is 1.52. The third-order valence-corrected chi connectivity index (χ3v) is 2.42. The molecule has 1 aromatic carbocycles. The molecule has 16 heavy (non-hydrogen) atoms.